The molecular formula is C14H15ClN2S. The molecule has 3 rings (SSSR count). The van der Waals surface area contributed by atoms with Crippen LogP contribution in [-0.4, -0.2) is 18.3 Å². The maximum absolute atomic E-state index is 4.40. The van der Waals surface area contributed by atoms with E-state index in [-0.39, 0.29) is 12.4 Å². The van der Waals surface area contributed by atoms with E-state index in [0.717, 1.165) is 24.0 Å². The van der Waals surface area contributed by atoms with Crippen molar-refractivity contribution in [3.8, 4) is 0 Å². The van der Waals surface area contributed by atoms with E-state index < -0.39 is 0 Å². The zero-order chi connectivity index (χ0) is 11.5. The average Bonchev–Trinajstić information content (AvgIpc) is 2.89. The topological polar surface area (TPSA) is 24.4 Å². The number of benzene rings is 2. The maximum atomic E-state index is 4.40. The van der Waals surface area contributed by atoms with Crippen LogP contribution in [0.1, 0.15) is 5.56 Å². The monoisotopic (exact) mass is 278 g/mol. The highest BCUT2D eigenvalue weighted by Crippen LogP contribution is 2.23. The van der Waals surface area contributed by atoms with Gasteiger partial charge in [-0.15, -0.1) is 12.4 Å². The zero-order valence-corrected chi connectivity index (χ0v) is 11.6. The van der Waals surface area contributed by atoms with Crippen LogP contribution in [0.4, 0.5) is 0 Å². The van der Waals surface area contributed by atoms with Gasteiger partial charge in [0.25, 0.3) is 0 Å². The second-order valence-corrected chi connectivity index (χ2v) is 5.00. The molecule has 0 saturated carbocycles. The van der Waals surface area contributed by atoms with Crippen LogP contribution in [0, 0.1) is 0 Å². The first-order valence-electron chi connectivity index (χ1n) is 5.81. The quantitative estimate of drug-likeness (QED) is 0.910. The number of halogens is 1. The lowest BCUT2D eigenvalue weighted by atomic mass is 10.1. The smallest absolute Gasteiger partial charge is 0.157 e. The van der Waals surface area contributed by atoms with Gasteiger partial charge < -0.3 is 5.32 Å². The number of nitrogens with one attached hydrogen (secondary N) is 1. The van der Waals surface area contributed by atoms with E-state index in [1.54, 1.807) is 11.8 Å². The van der Waals surface area contributed by atoms with Gasteiger partial charge in [0, 0.05) is 12.3 Å². The molecule has 0 atom stereocenters. The summed E-state index contributed by atoms with van der Waals surface area (Å²) in [4.78, 5) is 4.40. The number of hydrogen-bond acceptors (Lipinski definition) is 3. The van der Waals surface area contributed by atoms with Crippen molar-refractivity contribution in [2.24, 2.45) is 4.99 Å². The summed E-state index contributed by atoms with van der Waals surface area (Å²) >= 11 is 1.79. The van der Waals surface area contributed by atoms with E-state index in [1.807, 2.05) is 0 Å². The molecule has 2 nitrogen and oxygen atoms in total. The minimum atomic E-state index is 0. The largest absolute Gasteiger partial charge is 0.363 e. The number of rotatable bonds is 2. The van der Waals surface area contributed by atoms with Gasteiger partial charge in [-0.25, -0.2) is 0 Å². The van der Waals surface area contributed by atoms with E-state index in [2.05, 4.69) is 52.8 Å². The molecule has 2 aromatic carbocycles. The first kappa shape index (κ1) is 13.2. The molecule has 0 fully saturated rings. The minimum absolute atomic E-state index is 0. The molecule has 0 spiro atoms. The molecule has 0 saturated heterocycles. The molecular weight excluding hydrogens is 264 g/mol. The summed E-state index contributed by atoms with van der Waals surface area (Å²) in [5.74, 6) is 0.979. The highest BCUT2D eigenvalue weighted by atomic mass is 35.5. The molecule has 0 aliphatic carbocycles. The lowest BCUT2D eigenvalue weighted by Gasteiger charge is -2.06. The average molecular weight is 279 g/mol. The van der Waals surface area contributed by atoms with Crippen molar-refractivity contribution in [2.75, 3.05) is 13.1 Å². The van der Waals surface area contributed by atoms with Gasteiger partial charge in [-0.3, -0.25) is 4.99 Å². The van der Waals surface area contributed by atoms with Gasteiger partial charge in [-0.2, -0.15) is 0 Å². The molecule has 4 heteroatoms. The first-order valence-corrected chi connectivity index (χ1v) is 6.80. The number of nitrogens with zero attached hydrogens (tertiary/aromatic N) is 1. The molecule has 0 radical (unpaired) electrons. The van der Waals surface area contributed by atoms with E-state index >= 15 is 0 Å². The Hall–Kier alpha value is -1.19. The third-order valence-electron chi connectivity index (χ3n) is 2.89. The fraction of sp³-hybridized carbons (Fsp3) is 0.214. The Balaban J connectivity index is 0.00000120. The Morgan fingerprint density at radius 1 is 1.11 bits per heavy atom. The second-order valence-electron chi connectivity index (χ2n) is 4.04. The summed E-state index contributed by atoms with van der Waals surface area (Å²) in [7, 11) is 0. The minimum Gasteiger partial charge on any atom is -0.363 e. The summed E-state index contributed by atoms with van der Waals surface area (Å²) in [5, 5.41) is 7.03. The van der Waals surface area contributed by atoms with Crippen LogP contribution in [0.3, 0.4) is 0 Å². The summed E-state index contributed by atoms with van der Waals surface area (Å²) in [6.07, 6.45) is 0. The van der Waals surface area contributed by atoms with Crippen molar-refractivity contribution in [2.45, 2.75) is 5.75 Å². The molecule has 2 aromatic rings. The van der Waals surface area contributed by atoms with E-state index in [4.69, 9.17) is 0 Å². The highest BCUT2D eigenvalue weighted by molar-refractivity contribution is 8.13. The van der Waals surface area contributed by atoms with Crippen LogP contribution in [0.5, 0.6) is 0 Å². The van der Waals surface area contributed by atoms with Crippen molar-refractivity contribution < 1.29 is 0 Å². The Kier molecular flexibility index (Phi) is 4.50. The molecule has 1 aliphatic rings. The van der Waals surface area contributed by atoms with Gasteiger partial charge in [0.1, 0.15) is 0 Å². The van der Waals surface area contributed by atoms with Crippen LogP contribution in [0.15, 0.2) is 47.5 Å². The van der Waals surface area contributed by atoms with Crippen LogP contribution < -0.4 is 5.32 Å². The molecule has 94 valence electrons. The van der Waals surface area contributed by atoms with Crippen LogP contribution in [-0.2, 0) is 5.75 Å². The fourth-order valence-corrected chi connectivity index (χ4v) is 2.97. The summed E-state index contributed by atoms with van der Waals surface area (Å²) in [5.41, 5.74) is 1.38. The van der Waals surface area contributed by atoms with E-state index in [1.165, 1.54) is 16.3 Å². The van der Waals surface area contributed by atoms with Gasteiger partial charge in [0.2, 0.25) is 0 Å². The van der Waals surface area contributed by atoms with Crippen LogP contribution in [0.2, 0.25) is 0 Å². The predicted octanol–water partition coefficient (Wildman–Crippen LogP) is 3.45. The zero-order valence-electron chi connectivity index (χ0n) is 9.93. The third-order valence-corrected chi connectivity index (χ3v) is 3.89. The molecule has 1 N–H and O–H groups in total. The summed E-state index contributed by atoms with van der Waals surface area (Å²) in [6, 6.07) is 15.0. The Bertz CT molecular complexity index is 563. The van der Waals surface area contributed by atoms with Crippen molar-refractivity contribution in [3.05, 3.63) is 48.0 Å². The summed E-state index contributed by atoms with van der Waals surface area (Å²) < 4.78 is 0. The number of amidine groups is 1. The lowest BCUT2D eigenvalue weighted by Crippen LogP contribution is -2.15. The van der Waals surface area contributed by atoms with Crippen molar-refractivity contribution in [3.63, 3.8) is 0 Å². The Morgan fingerprint density at radius 3 is 2.78 bits per heavy atom. The molecule has 1 aliphatic heterocycles. The molecule has 1 heterocycles. The number of aliphatic imine (C=N–C) groups is 1. The SMILES string of the molecule is Cl.c1ccc2c(CSC3=NCCN3)cccc2c1. The molecule has 0 bridgehead atoms. The third kappa shape index (κ3) is 2.79. The second kappa shape index (κ2) is 6.12. The molecule has 0 amide bonds. The van der Waals surface area contributed by atoms with Crippen molar-refractivity contribution in [1.82, 2.24) is 5.32 Å². The van der Waals surface area contributed by atoms with Gasteiger partial charge in [0.15, 0.2) is 5.17 Å². The predicted molar refractivity (Wildman–Crippen MR) is 82.8 cm³/mol. The Labute approximate surface area is 117 Å². The van der Waals surface area contributed by atoms with E-state index in [9.17, 15) is 0 Å². The maximum Gasteiger partial charge on any atom is 0.157 e. The van der Waals surface area contributed by atoms with Gasteiger partial charge in [0.05, 0.1) is 6.54 Å². The lowest BCUT2D eigenvalue weighted by molar-refractivity contribution is 0.963. The van der Waals surface area contributed by atoms with Crippen LogP contribution >= 0.6 is 24.2 Å². The normalized spacial score (nSPS) is 13.9. The Morgan fingerprint density at radius 2 is 1.94 bits per heavy atom. The number of thioether (sulfide) groups is 1. The summed E-state index contributed by atoms with van der Waals surface area (Å²) in [6.45, 7) is 1.90. The van der Waals surface area contributed by atoms with Crippen LogP contribution in [0.25, 0.3) is 10.8 Å². The standard InChI is InChI=1S/C14H14N2S.ClH/c1-2-7-13-11(4-1)5-3-6-12(13)10-17-14-15-8-9-16-14;/h1-7H,8-10H2,(H,15,16);1H. The van der Waals surface area contributed by atoms with Gasteiger partial charge in [-0.1, -0.05) is 54.2 Å². The fourth-order valence-electron chi connectivity index (χ4n) is 2.04. The number of fused-ring (bicyclic) bond motifs is 1. The van der Waals surface area contributed by atoms with Crippen molar-refractivity contribution >= 4 is 40.1 Å². The van der Waals surface area contributed by atoms with Gasteiger partial charge >= 0.3 is 0 Å². The molecule has 0 unspecified atom stereocenters. The van der Waals surface area contributed by atoms with E-state index in [0.29, 0.717) is 0 Å². The molecule has 0 aromatic heterocycles. The number of hydrogen-bond donors (Lipinski definition) is 1. The van der Waals surface area contributed by atoms with Crippen molar-refractivity contribution in [1.29, 1.82) is 0 Å². The van der Waals surface area contributed by atoms with Gasteiger partial charge in [-0.05, 0) is 16.3 Å². The molecule has 18 heavy (non-hydrogen) atoms. The highest BCUT2D eigenvalue weighted by Gasteiger charge is 2.07. The first-order chi connectivity index (χ1) is 8.43.